The lowest BCUT2D eigenvalue weighted by molar-refractivity contribution is 0.102. The molecular formula is C10H10N6O. The number of carbonyl (C=O) groups excluding carboxylic acids is 1. The van der Waals surface area contributed by atoms with Gasteiger partial charge < -0.3 is 9.88 Å². The highest BCUT2D eigenvalue weighted by Gasteiger charge is 2.09. The first kappa shape index (κ1) is 10.9. The minimum absolute atomic E-state index is 0.152. The Hall–Kier alpha value is -2.62. The third-order valence-electron chi connectivity index (χ3n) is 2.06. The number of rotatable bonds is 3. The summed E-state index contributed by atoms with van der Waals surface area (Å²) in [6.45, 7) is 0.152. The fourth-order valence-electron chi connectivity index (χ4n) is 1.31. The van der Waals surface area contributed by atoms with Crippen molar-refractivity contribution in [3.63, 3.8) is 0 Å². The van der Waals surface area contributed by atoms with Crippen molar-refractivity contribution in [2.24, 2.45) is 7.05 Å². The van der Waals surface area contributed by atoms with Crippen LogP contribution in [0.25, 0.3) is 0 Å². The summed E-state index contributed by atoms with van der Waals surface area (Å²) in [7, 11) is 1.79. The van der Waals surface area contributed by atoms with Crippen molar-refractivity contribution in [2.45, 2.75) is 6.54 Å². The van der Waals surface area contributed by atoms with Gasteiger partial charge in [-0.3, -0.25) is 9.48 Å². The van der Waals surface area contributed by atoms with Crippen molar-refractivity contribution in [2.75, 3.05) is 5.32 Å². The molecule has 0 aliphatic heterocycles. The van der Waals surface area contributed by atoms with E-state index >= 15 is 0 Å². The molecule has 1 amide bonds. The molecule has 0 atom stereocenters. The van der Waals surface area contributed by atoms with E-state index in [1.54, 1.807) is 30.3 Å². The number of amides is 1. The van der Waals surface area contributed by atoms with Crippen LogP contribution in [-0.4, -0.2) is 25.2 Å². The van der Waals surface area contributed by atoms with Crippen LogP contribution in [0.2, 0.25) is 0 Å². The number of hydrogen-bond donors (Lipinski definition) is 1. The van der Waals surface area contributed by atoms with Crippen molar-refractivity contribution in [3.8, 4) is 6.07 Å². The summed E-state index contributed by atoms with van der Waals surface area (Å²) in [5.74, 6) is -0.304. The zero-order chi connectivity index (χ0) is 12.3. The summed E-state index contributed by atoms with van der Waals surface area (Å²) in [5.41, 5.74) is 0.872. The highest BCUT2D eigenvalue weighted by molar-refractivity contribution is 6.02. The van der Waals surface area contributed by atoms with E-state index in [4.69, 9.17) is 5.26 Å². The summed E-state index contributed by atoms with van der Waals surface area (Å²) < 4.78 is 3.13. The van der Waals surface area contributed by atoms with Gasteiger partial charge in [-0.05, 0) is 0 Å². The van der Waals surface area contributed by atoms with Crippen molar-refractivity contribution in [1.82, 2.24) is 19.3 Å². The molecule has 0 saturated carbocycles. The summed E-state index contributed by atoms with van der Waals surface area (Å²) in [5, 5.41) is 15.0. The van der Waals surface area contributed by atoms with Crippen LogP contribution in [0.5, 0.6) is 0 Å². The molecule has 0 saturated heterocycles. The molecule has 7 heteroatoms. The Morgan fingerprint density at radius 2 is 2.41 bits per heavy atom. The first-order chi connectivity index (χ1) is 8.19. The van der Waals surface area contributed by atoms with Gasteiger partial charge >= 0.3 is 0 Å². The SMILES string of the molecule is Cn1cnc(C(=O)Nc2cnn(CC#N)c2)c1. The lowest BCUT2D eigenvalue weighted by Crippen LogP contribution is -2.11. The van der Waals surface area contributed by atoms with Gasteiger partial charge in [0.1, 0.15) is 12.2 Å². The number of anilines is 1. The molecule has 2 aromatic heterocycles. The number of nitrogens with one attached hydrogen (secondary N) is 1. The second-order valence-electron chi connectivity index (χ2n) is 3.46. The van der Waals surface area contributed by atoms with E-state index < -0.39 is 0 Å². The number of imidazole rings is 1. The monoisotopic (exact) mass is 230 g/mol. The summed E-state index contributed by atoms with van der Waals surface area (Å²) in [4.78, 5) is 15.6. The molecule has 7 nitrogen and oxygen atoms in total. The molecule has 0 unspecified atom stereocenters. The molecule has 0 spiro atoms. The van der Waals surface area contributed by atoms with Gasteiger partial charge in [0.05, 0.1) is 24.3 Å². The molecule has 0 radical (unpaired) electrons. The summed E-state index contributed by atoms with van der Waals surface area (Å²) in [6, 6.07) is 1.96. The topological polar surface area (TPSA) is 88.5 Å². The van der Waals surface area contributed by atoms with Crippen LogP contribution >= 0.6 is 0 Å². The Kier molecular flexibility index (Phi) is 2.87. The number of nitriles is 1. The molecule has 0 aromatic carbocycles. The van der Waals surface area contributed by atoms with Gasteiger partial charge in [-0.15, -0.1) is 0 Å². The zero-order valence-electron chi connectivity index (χ0n) is 9.16. The Morgan fingerprint density at radius 1 is 1.59 bits per heavy atom. The van der Waals surface area contributed by atoms with Crippen LogP contribution in [0.15, 0.2) is 24.9 Å². The number of nitrogens with zero attached hydrogens (tertiary/aromatic N) is 5. The van der Waals surface area contributed by atoms with Gasteiger partial charge in [0.15, 0.2) is 0 Å². The largest absolute Gasteiger partial charge is 0.340 e. The second kappa shape index (κ2) is 4.49. The molecule has 1 N–H and O–H groups in total. The standard InChI is InChI=1S/C10H10N6O/c1-15-6-9(12-7-15)10(17)14-8-4-13-16(5-8)3-2-11/h4-7H,3H2,1H3,(H,14,17). The first-order valence-electron chi connectivity index (χ1n) is 4.88. The molecule has 86 valence electrons. The highest BCUT2D eigenvalue weighted by Crippen LogP contribution is 2.06. The van der Waals surface area contributed by atoms with E-state index in [9.17, 15) is 4.79 Å². The number of carbonyl (C=O) groups is 1. The maximum atomic E-state index is 11.7. The highest BCUT2D eigenvalue weighted by atomic mass is 16.1. The second-order valence-corrected chi connectivity index (χ2v) is 3.46. The zero-order valence-corrected chi connectivity index (χ0v) is 9.16. The smallest absolute Gasteiger partial charge is 0.275 e. The Labute approximate surface area is 97.3 Å². The average Bonchev–Trinajstić information content (AvgIpc) is 2.88. The van der Waals surface area contributed by atoms with Crippen molar-refractivity contribution in [1.29, 1.82) is 5.26 Å². The summed E-state index contributed by atoms with van der Waals surface area (Å²) in [6.07, 6.45) is 6.24. The first-order valence-corrected chi connectivity index (χ1v) is 4.88. The van der Waals surface area contributed by atoms with Crippen LogP contribution < -0.4 is 5.32 Å². The molecule has 0 aliphatic rings. The normalized spacial score (nSPS) is 9.88. The van der Waals surface area contributed by atoms with Crippen LogP contribution in [0.4, 0.5) is 5.69 Å². The van der Waals surface area contributed by atoms with Crippen molar-refractivity contribution < 1.29 is 4.79 Å². The number of hydrogen-bond acceptors (Lipinski definition) is 4. The predicted octanol–water partition coefficient (Wildman–Crippen LogP) is 0.392. The fraction of sp³-hybridized carbons (Fsp3) is 0.200. The molecule has 2 rings (SSSR count). The molecule has 2 aromatic rings. The predicted molar refractivity (Wildman–Crippen MR) is 59.0 cm³/mol. The molecule has 0 aliphatic carbocycles. The van der Waals surface area contributed by atoms with Gasteiger partial charge in [0.2, 0.25) is 0 Å². The third-order valence-corrected chi connectivity index (χ3v) is 2.06. The lowest BCUT2D eigenvalue weighted by atomic mass is 10.4. The molecule has 17 heavy (non-hydrogen) atoms. The molecule has 2 heterocycles. The molecule has 0 fully saturated rings. The van der Waals surface area contributed by atoms with E-state index in [0.29, 0.717) is 11.4 Å². The maximum Gasteiger partial charge on any atom is 0.275 e. The quantitative estimate of drug-likeness (QED) is 0.826. The van der Waals surface area contributed by atoms with Gasteiger partial charge in [-0.1, -0.05) is 0 Å². The minimum atomic E-state index is -0.304. The van der Waals surface area contributed by atoms with E-state index in [1.165, 1.54) is 10.9 Å². The van der Waals surface area contributed by atoms with Crippen LogP contribution in [0.3, 0.4) is 0 Å². The van der Waals surface area contributed by atoms with Crippen LogP contribution in [0, 0.1) is 11.3 Å². The van der Waals surface area contributed by atoms with Crippen LogP contribution in [-0.2, 0) is 13.6 Å². The van der Waals surface area contributed by atoms with Crippen molar-refractivity contribution in [3.05, 3.63) is 30.6 Å². The van der Waals surface area contributed by atoms with Gasteiger partial charge in [-0.2, -0.15) is 10.4 Å². The van der Waals surface area contributed by atoms with E-state index in [1.807, 2.05) is 6.07 Å². The average molecular weight is 230 g/mol. The fourth-order valence-corrected chi connectivity index (χ4v) is 1.31. The van der Waals surface area contributed by atoms with Gasteiger partial charge in [0, 0.05) is 19.4 Å². The number of aryl methyl sites for hydroxylation is 1. The van der Waals surface area contributed by atoms with Gasteiger partial charge in [-0.25, -0.2) is 4.98 Å². The number of aromatic nitrogens is 4. The van der Waals surface area contributed by atoms with Gasteiger partial charge in [0.25, 0.3) is 5.91 Å². The maximum absolute atomic E-state index is 11.7. The molecule has 0 bridgehead atoms. The van der Waals surface area contributed by atoms with E-state index in [0.717, 1.165) is 0 Å². The Morgan fingerprint density at radius 3 is 3.06 bits per heavy atom. The van der Waals surface area contributed by atoms with E-state index in [2.05, 4.69) is 15.4 Å². The minimum Gasteiger partial charge on any atom is -0.340 e. The molecular weight excluding hydrogens is 220 g/mol. The van der Waals surface area contributed by atoms with Crippen LogP contribution in [0.1, 0.15) is 10.5 Å². The lowest BCUT2D eigenvalue weighted by Gasteiger charge is -1.97. The van der Waals surface area contributed by atoms with Crippen molar-refractivity contribution >= 4 is 11.6 Å². The summed E-state index contributed by atoms with van der Waals surface area (Å²) >= 11 is 0. The third kappa shape index (κ3) is 2.49. The Bertz CT molecular complexity index is 576. The Balaban J connectivity index is 2.05. The van der Waals surface area contributed by atoms with E-state index in [-0.39, 0.29) is 12.5 Å².